The molecule has 7 heteroatoms. The Morgan fingerprint density at radius 3 is 2.61 bits per heavy atom. The fourth-order valence-electron chi connectivity index (χ4n) is 1.35. The molecule has 18 heavy (non-hydrogen) atoms. The summed E-state index contributed by atoms with van der Waals surface area (Å²) >= 11 is 1.06. The molecular formula is C11H17F3N2OS. The van der Waals surface area contributed by atoms with Crippen LogP contribution in [0.25, 0.3) is 0 Å². The van der Waals surface area contributed by atoms with Crippen molar-refractivity contribution in [2.24, 2.45) is 0 Å². The Labute approximate surface area is 108 Å². The average molecular weight is 282 g/mol. The molecule has 0 saturated carbocycles. The molecule has 0 radical (unpaired) electrons. The van der Waals surface area contributed by atoms with Gasteiger partial charge in [0.25, 0.3) is 0 Å². The molecule has 0 amide bonds. The maximum atomic E-state index is 12.8. The van der Waals surface area contributed by atoms with E-state index in [-0.39, 0.29) is 18.0 Å². The first-order chi connectivity index (χ1) is 8.49. The van der Waals surface area contributed by atoms with Crippen molar-refractivity contribution in [3.63, 3.8) is 0 Å². The highest BCUT2D eigenvalue weighted by molar-refractivity contribution is 7.11. The molecule has 1 aromatic rings. The van der Waals surface area contributed by atoms with Crippen LogP contribution in [-0.4, -0.2) is 18.1 Å². The Morgan fingerprint density at radius 2 is 2.06 bits per heavy atom. The zero-order chi connectivity index (χ0) is 13.6. The lowest BCUT2D eigenvalue weighted by atomic mass is 10.3. The highest BCUT2D eigenvalue weighted by Crippen LogP contribution is 2.34. The topological polar surface area (TPSA) is 34.1 Å². The normalized spacial score (nSPS) is 12.1. The van der Waals surface area contributed by atoms with E-state index in [1.807, 2.05) is 13.8 Å². The number of hydrogen-bond donors (Lipinski definition) is 1. The van der Waals surface area contributed by atoms with Gasteiger partial charge in [-0.2, -0.15) is 13.2 Å². The van der Waals surface area contributed by atoms with Crippen molar-refractivity contribution < 1.29 is 17.9 Å². The third-order valence-corrected chi connectivity index (χ3v) is 3.15. The number of thiazole rings is 1. The molecule has 0 aliphatic carbocycles. The van der Waals surface area contributed by atoms with E-state index in [4.69, 9.17) is 4.74 Å². The first-order valence-corrected chi connectivity index (χ1v) is 6.64. The van der Waals surface area contributed by atoms with Crippen LogP contribution >= 0.6 is 11.3 Å². The fourth-order valence-corrected chi connectivity index (χ4v) is 2.34. The Bertz CT molecular complexity index is 366. The molecule has 1 N–H and O–H groups in total. The predicted octanol–water partition coefficient (Wildman–Crippen LogP) is 3.20. The number of nitrogens with zero attached hydrogens (tertiary/aromatic N) is 1. The van der Waals surface area contributed by atoms with E-state index < -0.39 is 11.9 Å². The van der Waals surface area contributed by atoms with Crippen molar-refractivity contribution in [2.45, 2.75) is 39.6 Å². The first-order valence-electron chi connectivity index (χ1n) is 5.83. The molecule has 1 aromatic heterocycles. The zero-order valence-electron chi connectivity index (χ0n) is 10.4. The van der Waals surface area contributed by atoms with E-state index in [2.05, 4.69) is 10.3 Å². The minimum Gasteiger partial charge on any atom is -0.374 e. The summed E-state index contributed by atoms with van der Waals surface area (Å²) in [5.74, 6) is 0. The van der Waals surface area contributed by atoms with Crippen molar-refractivity contribution in [2.75, 3.05) is 13.2 Å². The molecular weight excluding hydrogens is 265 g/mol. The summed E-state index contributed by atoms with van der Waals surface area (Å²) in [5.41, 5.74) is -0.788. The Hall–Kier alpha value is -0.660. The molecule has 3 nitrogen and oxygen atoms in total. The highest BCUT2D eigenvalue weighted by Gasteiger charge is 2.37. The summed E-state index contributed by atoms with van der Waals surface area (Å²) in [5, 5.41) is 3.27. The van der Waals surface area contributed by atoms with E-state index in [1.54, 1.807) is 0 Å². The van der Waals surface area contributed by atoms with Crippen LogP contribution in [0.1, 0.15) is 35.8 Å². The van der Waals surface area contributed by atoms with Crippen LogP contribution in [-0.2, 0) is 24.1 Å². The second-order valence-corrected chi connectivity index (χ2v) is 4.88. The van der Waals surface area contributed by atoms with Crippen LogP contribution in [0.5, 0.6) is 0 Å². The molecule has 0 aromatic carbocycles. The maximum Gasteiger partial charge on any atom is 0.434 e. The van der Waals surface area contributed by atoms with Gasteiger partial charge in [0.2, 0.25) is 0 Å². The third-order valence-electron chi connectivity index (χ3n) is 2.12. The van der Waals surface area contributed by atoms with Crippen LogP contribution in [0.3, 0.4) is 0 Å². The van der Waals surface area contributed by atoms with Crippen LogP contribution in [0.4, 0.5) is 13.2 Å². The summed E-state index contributed by atoms with van der Waals surface area (Å²) in [6.07, 6.45) is -3.56. The molecule has 104 valence electrons. The second kappa shape index (κ2) is 7.06. The number of halogens is 3. The van der Waals surface area contributed by atoms with Gasteiger partial charge in [-0.25, -0.2) is 4.98 Å². The summed E-state index contributed by atoms with van der Waals surface area (Å²) in [7, 11) is 0. The van der Waals surface area contributed by atoms with Crippen molar-refractivity contribution in [1.82, 2.24) is 10.3 Å². The lowest BCUT2D eigenvalue weighted by Crippen LogP contribution is -2.15. The van der Waals surface area contributed by atoms with Gasteiger partial charge in [-0.15, -0.1) is 11.3 Å². The predicted molar refractivity (Wildman–Crippen MR) is 64.4 cm³/mol. The number of nitrogens with one attached hydrogen (secondary N) is 1. The van der Waals surface area contributed by atoms with Crippen molar-refractivity contribution in [1.29, 1.82) is 0 Å². The van der Waals surface area contributed by atoms with Gasteiger partial charge in [0.05, 0.1) is 11.5 Å². The largest absolute Gasteiger partial charge is 0.434 e. The zero-order valence-corrected chi connectivity index (χ0v) is 11.2. The lowest BCUT2D eigenvalue weighted by molar-refractivity contribution is -0.141. The smallest absolute Gasteiger partial charge is 0.374 e. The Balaban J connectivity index is 2.79. The van der Waals surface area contributed by atoms with Gasteiger partial charge in [0.15, 0.2) is 5.69 Å². The number of ether oxygens (including phenoxy) is 1. The molecule has 0 atom stereocenters. The minimum absolute atomic E-state index is 0.147. The number of rotatable bonds is 7. The summed E-state index contributed by atoms with van der Waals surface area (Å²) < 4.78 is 43.5. The van der Waals surface area contributed by atoms with Crippen molar-refractivity contribution >= 4 is 11.3 Å². The minimum atomic E-state index is -4.40. The van der Waals surface area contributed by atoms with E-state index in [0.717, 1.165) is 17.8 Å². The van der Waals surface area contributed by atoms with E-state index in [9.17, 15) is 13.2 Å². The standard InChI is InChI=1S/C11H17F3N2OS/c1-3-5-17-7-9-16-10(11(12,13)14)8(18-9)6-15-4-2/h15H,3-7H2,1-2H3. The van der Waals surface area contributed by atoms with Crippen LogP contribution < -0.4 is 5.32 Å². The van der Waals surface area contributed by atoms with E-state index in [0.29, 0.717) is 18.2 Å². The lowest BCUT2D eigenvalue weighted by Gasteiger charge is -2.05. The van der Waals surface area contributed by atoms with Gasteiger partial charge in [-0.3, -0.25) is 0 Å². The molecule has 1 heterocycles. The second-order valence-electron chi connectivity index (χ2n) is 3.71. The summed E-state index contributed by atoms with van der Waals surface area (Å²) in [4.78, 5) is 3.86. The van der Waals surface area contributed by atoms with Gasteiger partial charge < -0.3 is 10.1 Å². The first kappa shape index (κ1) is 15.4. The van der Waals surface area contributed by atoms with Gasteiger partial charge in [-0.1, -0.05) is 13.8 Å². The quantitative estimate of drug-likeness (QED) is 0.780. The molecule has 0 bridgehead atoms. The van der Waals surface area contributed by atoms with Gasteiger partial charge in [-0.05, 0) is 13.0 Å². The van der Waals surface area contributed by atoms with Gasteiger partial charge in [0, 0.05) is 13.2 Å². The van der Waals surface area contributed by atoms with Gasteiger partial charge >= 0.3 is 6.18 Å². The fraction of sp³-hybridized carbons (Fsp3) is 0.727. The molecule has 1 rings (SSSR count). The number of aromatic nitrogens is 1. The van der Waals surface area contributed by atoms with Crippen molar-refractivity contribution in [3.8, 4) is 0 Å². The molecule has 0 saturated heterocycles. The molecule has 0 aliphatic rings. The molecule has 0 fully saturated rings. The summed E-state index contributed by atoms with van der Waals surface area (Å²) in [6, 6.07) is 0. The average Bonchev–Trinajstić information content (AvgIpc) is 2.70. The number of hydrogen-bond acceptors (Lipinski definition) is 4. The number of alkyl halides is 3. The van der Waals surface area contributed by atoms with E-state index >= 15 is 0 Å². The molecule has 0 unspecified atom stereocenters. The highest BCUT2D eigenvalue weighted by atomic mass is 32.1. The Morgan fingerprint density at radius 1 is 1.33 bits per heavy atom. The monoisotopic (exact) mass is 282 g/mol. The summed E-state index contributed by atoms with van der Waals surface area (Å²) in [6.45, 7) is 5.28. The van der Waals surface area contributed by atoms with E-state index in [1.165, 1.54) is 0 Å². The molecule has 0 spiro atoms. The van der Waals surface area contributed by atoms with Crippen LogP contribution in [0.2, 0.25) is 0 Å². The third kappa shape index (κ3) is 4.55. The SMILES string of the molecule is CCCOCc1nc(C(F)(F)F)c(CNCC)s1. The van der Waals surface area contributed by atoms with Crippen molar-refractivity contribution in [3.05, 3.63) is 15.6 Å². The Kier molecular flexibility index (Phi) is 6.04. The van der Waals surface area contributed by atoms with Gasteiger partial charge in [0.1, 0.15) is 5.01 Å². The maximum absolute atomic E-state index is 12.8. The van der Waals surface area contributed by atoms with Crippen LogP contribution in [0.15, 0.2) is 0 Å². The molecule has 0 aliphatic heterocycles. The van der Waals surface area contributed by atoms with Crippen LogP contribution in [0, 0.1) is 0 Å².